The Labute approximate surface area is 184 Å². The van der Waals surface area contributed by atoms with Gasteiger partial charge in [0.05, 0.1) is 0 Å². The van der Waals surface area contributed by atoms with Gasteiger partial charge in [-0.05, 0) is 79.5 Å². The van der Waals surface area contributed by atoms with E-state index in [-0.39, 0.29) is 0 Å². The van der Waals surface area contributed by atoms with Crippen molar-refractivity contribution in [2.75, 3.05) is 0 Å². The first-order valence-corrected chi connectivity index (χ1v) is 12.0. The summed E-state index contributed by atoms with van der Waals surface area (Å²) in [6.07, 6.45) is 13.5. The zero-order chi connectivity index (χ0) is 21.0. The third-order valence-electron chi connectivity index (χ3n) is 6.34. The predicted octanol–water partition coefficient (Wildman–Crippen LogP) is 8.09. The van der Waals surface area contributed by atoms with E-state index in [1.165, 1.54) is 63.4 Å². The monoisotopic (exact) mass is 396 g/mol. The topological polar surface area (TPSA) is 0 Å². The standard InChI is InChI=1S/C30H36/c1-3-5-7-8-10-26-17-21-29(22-18-26)30-23-19-28(20-24-30)16-15-27-13-11-25(12-14-27)9-6-4-2/h11-14,19-20,23-24,26,29H,3-5,7-8,10,17-18,21-22H2,1-2H3/t26-,29-. The lowest BCUT2D eigenvalue weighted by molar-refractivity contribution is 0.302. The fraction of sp³-hybridized carbons (Fsp3) is 0.467. The molecule has 0 heterocycles. The average molecular weight is 397 g/mol. The molecule has 3 rings (SSSR count). The maximum Gasteiger partial charge on any atom is 0.0249 e. The van der Waals surface area contributed by atoms with Gasteiger partial charge in [-0.1, -0.05) is 81.8 Å². The van der Waals surface area contributed by atoms with Gasteiger partial charge >= 0.3 is 0 Å². The van der Waals surface area contributed by atoms with Crippen LogP contribution in [0.3, 0.4) is 0 Å². The Bertz CT molecular complexity index is 870. The molecule has 0 atom stereocenters. The van der Waals surface area contributed by atoms with E-state index in [1.807, 2.05) is 0 Å². The fourth-order valence-corrected chi connectivity index (χ4v) is 4.45. The molecule has 2 aromatic rings. The summed E-state index contributed by atoms with van der Waals surface area (Å²) in [5.74, 6) is 14.6. The van der Waals surface area contributed by atoms with E-state index in [0.29, 0.717) is 0 Å². The van der Waals surface area contributed by atoms with Crippen LogP contribution in [0.15, 0.2) is 48.5 Å². The normalized spacial score (nSPS) is 18.1. The maximum atomic E-state index is 3.31. The third-order valence-corrected chi connectivity index (χ3v) is 6.34. The second-order valence-corrected chi connectivity index (χ2v) is 8.67. The zero-order valence-electron chi connectivity index (χ0n) is 18.8. The Morgan fingerprint density at radius 1 is 0.667 bits per heavy atom. The van der Waals surface area contributed by atoms with Gasteiger partial charge < -0.3 is 0 Å². The van der Waals surface area contributed by atoms with E-state index < -0.39 is 0 Å². The van der Waals surface area contributed by atoms with Crippen molar-refractivity contribution in [3.63, 3.8) is 0 Å². The molecule has 1 aliphatic carbocycles. The van der Waals surface area contributed by atoms with Crippen molar-refractivity contribution in [1.82, 2.24) is 0 Å². The van der Waals surface area contributed by atoms with E-state index in [2.05, 4.69) is 86.1 Å². The van der Waals surface area contributed by atoms with Crippen LogP contribution >= 0.6 is 0 Å². The molecule has 1 aliphatic rings. The maximum absolute atomic E-state index is 3.31. The highest BCUT2D eigenvalue weighted by atomic mass is 14.3. The molecule has 0 aromatic heterocycles. The average Bonchev–Trinajstić information content (AvgIpc) is 2.81. The fourth-order valence-electron chi connectivity index (χ4n) is 4.45. The highest BCUT2D eigenvalue weighted by Gasteiger charge is 2.21. The van der Waals surface area contributed by atoms with Crippen molar-refractivity contribution < 1.29 is 0 Å². The van der Waals surface area contributed by atoms with Crippen LogP contribution < -0.4 is 0 Å². The first kappa shape index (κ1) is 22.2. The molecule has 0 unspecified atom stereocenters. The Morgan fingerprint density at radius 3 is 1.80 bits per heavy atom. The molecule has 0 radical (unpaired) electrons. The van der Waals surface area contributed by atoms with Crippen LogP contribution in [0.4, 0.5) is 0 Å². The number of rotatable bonds is 6. The zero-order valence-corrected chi connectivity index (χ0v) is 18.8. The third kappa shape index (κ3) is 7.11. The molecule has 2 aromatic carbocycles. The summed E-state index contributed by atoms with van der Waals surface area (Å²) in [7, 11) is 0. The molecule has 0 N–H and O–H groups in total. The summed E-state index contributed by atoms with van der Waals surface area (Å²) in [5, 5.41) is 0. The molecule has 0 amide bonds. The van der Waals surface area contributed by atoms with Crippen LogP contribution in [0.2, 0.25) is 0 Å². The van der Waals surface area contributed by atoms with Crippen molar-refractivity contribution in [3.05, 3.63) is 70.8 Å². The quantitative estimate of drug-likeness (QED) is 0.342. The van der Waals surface area contributed by atoms with Gasteiger partial charge in [-0.25, -0.2) is 0 Å². The van der Waals surface area contributed by atoms with Crippen LogP contribution in [0, 0.1) is 29.6 Å². The number of unbranched alkanes of at least 4 members (excludes halogenated alkanes) is 3. The number of hydrogen-bond acceptors (Lipinski definition) is 0. The summed E-state index contributed by atoms with van der Waals surface area (Å²) in [4.78, 5) is 0. The van der Waals surface area contributed by atoms with Gasteiger partial charge in [0.25, 0.3) is 0 Å². The van der Waals surface area contributed by atoms with Crippen LogP contribution in [-0.2, 0) is 0 Å². The van der Waals surface area contributed by atoms with Crippen molar-refractivity contribution in [2.45, 2.75) is 84.0 Å². The summed E-state index contributed by atoms with van der Waals surface area (Å²) < 4.78 is 0. The van der Waals surface area contributed by atoms with E-state index in [0.717, 1.165) is 34.9 Å². The van der Waals surface area contributed by atoms with E-state index in [1.54, 1.807) is 0 Å². The molecule has 1 fully saturated rings. The summed E-state index contributed by atoms with van der Waals surface area (Å²) in [6, 6.07) is 17.2. The van der Waals surface area contributed by atoms with Crippen molar-refractivity contribution >= 4 is 0 Å². The molecule has 156 valence electrons. The van der Waals surface area contributed by atoms with Crippen LogP contribution in [-0.4, -0.2) is 0 Å². The Balaban J connectivity index is 1.49. The van der Waals surface area contributed by atoms with Crippen LogP contribution in [0.5, 0.6) is 0 Å². The van der Waals surface area contributed by atoms with Gasteiger partial charge in [-0.2, -0.15) is 0 Å². The first-order chi connectivity index (χ1) is 14.8. The SMILES string of the molecule is CCC#Cc1ccc(C#Cc2ccc([C@H]3CC[C@H](CCCCCC)CC3)cc2)cc1. The van der Waals surface area contributed by atoms with Gasteiger partial charge in [0.2, 0.25) is 0 Å². The van der Waals surface area contributed by atoms with Crippen LogP contribution in [0.25, 0.3) is 0 Å². The van der Waals surface area contributed by atoms with E-state index >= 15 is 0 Å². The van der Waals surface area contributed by atoms with E-state index in [4.69, 9.17) is 0 Å². The van der Waals surface area contributed by atoms with Crippen LogP contribution in [0.1, 0.15) is 106 Å². The van der Waals surface area contributed by atoms with Gasteiger partial charge in [0.15, 0.2) is 0 Å². The molecule has 0 saturated heterocycles. The summed E-state index contributed by atoms with van der Waals surface area (Å²) >= 11 is 0. The molecule has 30 heavy (non-hydrogen) atoms. The Kier molecular flexibility index (Phi) is 9.12. The van der Waals surface area contributed by atoms with Crippen molar-refractivity contribution in [1.29, 1.82) is 0 Å². The lowest BCUT2D eigenvalue weighted by atomic mass is 9.77. The second-order valence-electron chi connectivity index (χ2n) is 8.67. The minimum absolute atomic E-state index is 0.746. The summed E-state index contributed by atoms with van der Waals surface area (Å²) in [5.41, 5.74) is 4.70. The van der Waals surface area contributed by atoms with Gasteiger partial charge in [0, 0.05) is 23.1 Å². The molecular formula is C30H36. The molecule has 0 nitrogen and oxygen atoms in total. The van der Waals surface area contributed by atoms with Gasteiger partial charge in [-0.3, -0.25) is 0 Å². The van der Waals surface area contributed by atoms with Crippen molar-refractivity contribution in [3.8, 4) is 23.7 Å². The number of hydrogen-bond donors (Lipinski definition) is 0. The minimum atomic E-state index is 0.746. The Morgan fingerprint density at radius 2 is 1.23 bits per heavy atom. The minimum Gasteiger partial charge on any atom is -0.0982 e. The first-order valence-electron chi connectivity index (χ1n) is 12.0. The lowest BCUT2D eigenvalue weighted by Gasteiger charge is -2.29. The molecule has 0 heteroatoms. The van der Waals surface area contributed by atoms with Gasteiger partial charge in [0.1, 0.15) is 0 Å². The molecule has 1 saturated carbocycles. The highest BCUT2D eigenvalue weighted by Crippen LogP contribution is 2.37. The van der Waals surface area contributed by atoms with Crippen molar-refractivity contribution in [2.24, 2.45) is 5.92 Å². The van der Waals surface area contributed by atoms with E-state index in [9.17, 15) is 0 Å². The number of benzene rings is 2. The highest BCUT2D eigenvalue weighted by molar-refractivity contribution is 5.46. The molecule has 0 bridgehead atoms. The molecule has 0 spiro atoms. The molecule has 0 aliphatic heterocycles. The lowest BCUT2D eigenvalue weighted by Crippen LogP contribution is -2.13. The molecular weight excluding hydrogens is 360 g/mol. The largest absolute Gasteiger partial charge is 0.0982 e. The van der Waals surface area contributed by atoms with Gasteiger partial charge in [-0.15, -0.1) is 0 Å². The Hall–Kier alpha value is -2.44. The smallest absolute Gasteiger partial charge is 0.0249 e. The second kappa shape index (κ2) is 12.3. The predicted molar refractivity (Wildman–Crippen MR) is 129 cm³/mol. The summed E-state index contributed by atoms with van der Waals surface area (Å²) in [6.45, 7) is 4.36.